The Morgan fingerprint density at radius 3 is 1.20 bits per heavy atom. The quantitative estimate of drug-likeness (QED) is 0.458. The summed E-state index contributed by atoms with van der Waals surface area (Å²) in [4.78, 5) is 0. The fourth-order valence-electron chi connectivity index (χ4n) is 0. The van der Waals surface area contributed by atoms with Gasteiger partial charge in [0.15, 0.2) is 7.85 Å². The monoisotopic (exact) mass is 262 g/mol. The van der Waals surface area contributed by atoms with Crippen molar-refractivity contribution >= 4 is 55.6 Å². The number of hydrogen-bond acceptors (Lipinski definition) is 0. The van der Waals surface area contributed by atoms with E-state index in [1.54, 1.807) is 0 Å². The van der Waals surface area contributed by atoms with Gasteiger partial charge in [0.25, 0.3) is 0 Å². The number of hydrogen-bond donors (Lipinski definition) is 0. The highest BCUT2D eigenvalue weighted by molar-refractivity contribution is 9.40. The molecule has 0 saturated carbocycles. The Morgan fingerprint density at radius 1 is 1.20 bits per heavy atom. The largest absolute Gasteiger partial charge is 0.151 e. The third kappa shape index (κ3) is 29.9. The lowest BCUT2D eigenvalue weighted by molar-refractivity contribution is 2.03. The molecule has 0 aromatic rings. The van der Waals surface area contributed by atoms with Gasteiger partial charge in [-0.25, -0.2) is 0 Å². The maximum atomic E-state index is 3.21. The standard InChI is InChI=1S/CH2BBr3/c2-1(3,4)5/h2H2. The van der Waals surface area contributed by atoms with Crippen molar-refractivity contribution in [2.24, 2.45) is 0 Å². The maximum Gasteiger partial charge on any atom is 0.151 e. The van der Waals surface area contributed by atoms with Gasteiger partial charge in [-0.05, 0) is 0 Å². The van der Waals surface area contributed by atoms with Crippen molar-refractivity contribution in [1.82, 2.24) is 0 Å². The van der Waals surface area contributed by atoms with Gasteiger partial charge in [-0.15, -0.1) is 0 Å². The first-order valence-corrected chi connectivity index (χ1v) is 3.45. The molecule has 0 fully saturated rings. The van der Waals surface area contributed by atoms with Crippen LogP contribution in [0.1, 0.15) is 0 Å². The van der Waals surface area contributed by atoms with Crippen molar-refractivity contribution in [3.8, 4) is 0 Å². The Balaban J connectivity index is 3.02. The van der Waals surface area contributed by atoms with Gasteiger partial charge in [-0.3, -0.25) is 0 Å². The fraction of sp³-hybridized carbons (Fsp3) is 1.00. The second-order valence-corrected chi connectivity index (χ2v) is 8.73. The molecule has 0 amide bonds. The minimum atomic E-state index is -0.0625. The van der Waals surface area contributed by atoms with Crippen molar-refractivity contribution in [1.29, 1.82) is 0 Å². The number of alkyl halides is 3. The van der Waals surface area contributed by atoms with E-state index in [1.165, 1.54) is 0 Å². The summed E-state index contributed by atoms with van der Waals surface area (Å²) in [5.74, 6) is 0. The van der Waals surface area contributed by atoms with Crippen molar-refractivity contribution in [2.45, 2.75) is 2.04 Å². The van der Waals surface area contributed by atoms with Gasteiger partial charge < -0.3 is 0 Å². The van der Waals surface area contributed by atoms with Crippen LogP contribution in [-0.4, -0.2) is 9.89 Å². The molecule has 0 unspecified atom stereocenters. The molecular weight excluding hydrogens is 263 g/mol. The summed E-state index contributed by atoms with van der Waals surface area (Å²) >= 11 is 9.62. The zero-order valence-electron chi connectivity index (χ0n) is 2.63. The van der Waals surface area contributed by atoms with Crippen LogP contribution >= 0.6 is 47.8 Å². The zero-order chi connectivity index (χ0) is 4.50. The van der Waals surface area contributed by atoms with Crippen molar-refractivity contribution in [2.75, 3.05) is 0 Å². The fourth-order valence-corrected chi connectivity index (χ4v) is 0. The first kappa shape index (κ1) is 6.50. The van der Waals surface area contributed by atoms with Crippen LogP contribution in [0.3, 0.4) is 0 Å². The lowest BCUT2D eigenvalue weighted by Crippen LogP contribution is -1.93. The lowest BCUT2D eigenvalue weighted by Gasteiger charge is -1.96. The van der Waals surface area contributed by atoms with Crippen LogP contribution in [0.25, 0.3) is 0 Å². The van der Waals surface area contributed by atoms with Crippen LogP contribution in [0.4, 0.5) is 0 Å². The van der Waals surface area contributed by atoms with Gasteiger partial charge in [0.2, 0.25) is 0 Å². The molecule has 0 radical (unpaired) electrons. The van der Waals surface area contributed by atoms with E-state index < -0.39 is 0 Å². The molecule has 0 bridgehead atoms. The molecule has 0 aliphatic rings. The normalized spacial score (nSPS) is 11.8. The molecule has 4 heteroatoms. The van der Waals surface area contributed by atoms with E-state index in [0.29, 0.717) is 0 Å². The highest BCUT2D eigenvalue weighted by Gasteiger charge is 2.05. The first-order valence-electron chi connectivity index (χ1n) is 1.07. The Kier molecular flexibility index (Phi) is 2.58. The second-order valence-electron chi connectivity index (χ2n) is 0.781. The highest BCUT2D eigenvalue weighted by atomic mass is 80.0. The molecule has 5 heavy (non-hydrogen) atoms. The SMILES string of the molecule is BC(Br)(Br)Br. The van der Waals surface area contributed by atoms with Crippen molar-refractivity contribution in [3.63, 3.8) is 0 Å². The molecule has 0 aromatic heterocycles. The van der Waals surface area contributed by atoms with Crippen LogP contribution in [-0.2, 0) is 0 Å². The number of rotatable bonds is 0. The van der Waals surface area contributed by atoms with Gasteiger partial charge >= 0.3 is 0 Å². The molecule has 0 nitrogen and oxygen atoms in total. The van der Waals surface area contributed by atoms with E-state index in [4.69, 9.17) is 0 Å². The van der Waals surface area contributed by atoms with Crippen LogP contribution in [0, 0.1) is 0 Å². The third-order valence-electron chi connectivity index (χ3n) is 0. The summed E-state index contributed by atoms with van der Waals surface area (Å²) < 4.78 is -0.0625. The van der Waals surface area contributed by atoms with Gasteiger partial charge in [-0.1, -0.05) is 47.8 Å². The van der Waals surface area contributed by atoms with Gasteiger partial charge in [0, 0.05) is 0 Å². The lowest BCUT2D eigenvalue weighted by atomic mass is 10.2. The van der Waals surface area contributed by atoms with Gasteiger partial charge in [-0.2, -0.15) is 0 Å². The Morgan fingerprint density at radius 2 is 1.20 bits per heavy atom. The molecule has 0 rings (SSSR count). The number of halogens is 3. The molecule has 0 atom stereocenters. The molecule has 0 aliphatic heterocycles. The summed E-state index contributed by atoms with van der Waals surface area (Å²) in [5.41, 5.74) is 0. The summed E-state index contributed by atoms with van der Waals surface area (Å²) in [6, 6.07) is 0. The van der Waals surface area contributed by atoms with Crippen LogP contribution < -0.4 is 0 Å². The van der Waals surface area contributed by atoms with Crippen molar-refractivity contribution < 1.29 is 0 Å². The summed E-state index contributed by atoms with van der Waals surface area (Å²) in [6.07, 6.45) is 0. The predicted octanol–water partition coefficient (Wildman–Crippen LogP) is 1.42. The Hall–Kier alpha value is 1.50. The smallest absolute Gasteiger partial charge is 0.0707 e. The summed E-state index contributed by atoms with van der Waals surface area (Å²) in [6.45, 7) is 0. The molecule has 0 heterocycles. The van der Waals surface area contributed by atoms with E-state index in [0.717, 1.165) is 0 Å². The van der Waals surface area contributed by atoms with E-state index in [9.17, 15) is 0 Å². The van der Waals surface area contributed by atoms with Crippen LogP contribution in [0.2, 0.25) is 0 Å². The molecule has 0 aromatic carbocycles. The highest BCUT2D eigenvalue weighted by Crippen LogP contribution is 2.27. The van der Waals surface area contributed by atoms with E-state index in [-0.39, 0.29) is 2.04 Å². The molecule has 30 valence electrons. The first-order chi connectivity index (χ1) is 2.00. The van der Waals surface area contributed by atoms with Crippen molar-refractivity contribution in [3.05, 3.63) is 0 Å². The topological polar surface area (TPSA) is 0 Å². The second kappa shape index (κ2) is 1.98. The average Bonchev–Trinajstić information content (AvgIpc) is 0.722. The Bertz CT molecular complexity index is 22.4. The molecule has 0 spiro atoms. The zero-order valence-corrected chi connectivity index (χ0v) is 7.39. The molecule has 0 aliphatic carbocycles. The summed E-state index contributed by atoms with van der Waals surface area (Å²) in [7, 11) is 1.94. The predicted molar refractivity (Wildman–Crippen MR) is 38.1 cm³/mol. The van der Waals surface area contributed by atoms with Gasteiger partial charge in [0.05, 0.1) is 2.04 Å². The minimum absolute atomic E-state index is 0.0625. The van der Waals surface area contributed by atoms with E-state index in [2.05, 4.69) is 47.8 Å². The van der Waals surface area contributed by atoms with E-state index >= 15 is 0 Å². The molecule has 0 saturated heterocycles. The summed E-state index contributed by atoms with van der Waals surface area (Å²) in [5, 5.41) is 0. The van der Waals surface area contributed by atoms with Crippen LogP contribution in [0.5, 0.6) is 0 Å². The van der Waals surface area contributed by atoms with Crippen LogP contribution in [0.15, 0.2) is 0 Å². The molecular formula is CH2BBr3. The minimum Gasteiger partial charge on any atom is -0.0707 e. The maximum absolute atomic E-state index is 3.21. The van der Waals surface area contributed by atoms with Gasteiger partial charge in [0.1, 0.15) is 0 Å². The Labute approximate surface area is 57.5 Å². The van der Waals surface area contributed by atoms with E-state index in [1.807, 2.05) is 7.85 Å². The average molecular weight is 265 g/mol. The third-order valence-corrected chi connectivity index (χ3v) is 0. The molecule has 0 N–H and O–H groups in total.